The van der Waals surface area contributed by atoms with Crippen molar-refractivity contribution in [1.82, 2.24) is 9.78 Å². The second-order valence-corrected chi connectivity index (χ2v) is 4.56. The molecule has 0 atom stereocenters. The second kappa shape index (κ2) is 5.96. The van der Waals surface area contributed by atoms with Crippen LogP contribution in [0.1, 0.15) is 23.0 Å². The highest BCUT2D eigenvalue weighted by Gasteiger charge is 2.32. The summed E-state index contributed by atoms with van der Waals surface area (Å²) in [6.45, 7) is 1.72. The van der Waals surface area contributed by atoms with Gasteiger partial charge in [0.15, 0.2) is 11.5 Å². The lowest BCUT2D eigenvalue weighted by atomic mass is 10.2. The van der Waals surface area contributed by atoms with Gasteiger partial charge < -0.3 is 4.74 Å². The molecule has 0 fully saturated rings. The molecule has 22 heavy (non-hydrogen) atoms. The van der Waals surface area contributed by atoms with Crippen molar-refractivity contribution in [2.24, 2.45) is 0 Å². The summed E-state index contributed by atoms with van der Waals surface area (Å²) < 4.78 is 57.2. The van der Waals surface area contributed by atoms with Crippen LogP contribution >= 0.6 is 11.6 Å². The molecule has 4 nitrogen and oxygen atoms in total. The third kappa shape index (κ3) is 3.22. The third-order valence-electron chi connectivity index (χ3n) is 2.65. The number of aromatic nitrogens is 2. The van der Waals surface area contributed by atoms with Crippen molar-refractivity contribution in [3.63, 3.8) is 0 Å². The summed E-state index contributed by atoms with van der Waals surface area (Å²) in [7, 11) is 0. The lowest BCUT2D eigenvalue weighted by Crippen LogP contribution is -2.10. The van der Waals surface area contributed by atoms with Crippen LogP contribution in [0.4, 0.5) is 17.6 Å². The number of alkyl halides is 3. The van der Waals surface area contributed by atoms with Crippen molar-refractivity contribution in [3.8, 4) is 5.69 Å². The molecule has 0 unspecified atom stereocenters. The fourth-order valence-electron chi connectivity index (χ4n) is 1.71. The van der Waals surface area contributed by atoms with Crippen molar-refractivity contribution in [3.05, 3.63) is 46.5 Å². The minimum absolute atomic E-state index is 0.114. The molecule has 0 radical (unpaired) electrons. The van der Waals surface area contributed by atoms with Crippen LogP contribution in [-0.4, -0.2) is 22.4 Å². The molecule has 0 aliphatic rings. The molecule has 1 aromatic carbocycles. The lowest BCUT2D eigenvalue weighted by Gasteiger charge is -2.11. The Morgan fingerprint density at radius 2 is 2.09 bits per heavy atom. The Bertz CT molecular complexity index is 689. The van der Waals surface area contributed by atoms with Crippen molar-refractivity contribution in [1.29, 1.82) is 0 Å². The standard InChI is InChI=1S/C13H9ClF4N2O2/c1-2-22-12(21)10-3-4-20(19-10)11-8(14)5-7(6-9(11)15)13(16,17)18/h3-6H,2H2,1H3. The highest BCUT2D eigenvalue weighted by Crippen LogP contribution is 2.34. The van der Waals surface area contributed by atoms with Crippen molar-refractivity contribution in [2.45, 2.75) is 13.1 Å². The SMILES string of the molecule is CCOC(=O)c1ccn(-c2c(F)cc(C(F)(F)F)cc2Cl)n1. The zero-order valence-corrected chi connectivity index (χ0v) is 11.9. The van der Waals surface area contributed by atoms with Crippen molar-refractivity contribution < 1.29 is 27.1 Å². The fourth-order valence-corrected chi connectivity index (χ4v) is 2.00. The quantitative estimate of drug-likeness (QED) is 0.631. The van der Waals surface area contributed by atoms with Gasteiger partial charge in [0.1, 0.15) is 5.69 Å². The highest BCUT2D eigenvalue weighted by atomic mass is 35.5. The van der Waals surface area contributed by atoms with Crippen molar-refractivity contribution >= 4 is 17.6 Å². The van der Waals surface area contributed by atoms with Crippen LogP contribution in [0.15, 0.2) is 24.4 Å². The first kappa shape index (κ1) is 16.3. The summed E-state index contributed by atoms with van der Waals surface area (Å²) in [4.78, 5) is 11.5. The monoisotopic (exact) mass is 336 g/mol. The first-order valence-electron chi connectivity index (χ1n) is 6.03. The minimum atomic E-state index is -4.72. The first-order valence-corrected chi connectivity index (χ1v) is 6.41. The molecule has 0 amide bonds. The fraction of sp³-hybridized carbons (Fsp3) is 0.231. The second-order valence-electron chi connectivity index (χ2n) is 4.15. The molecular weight excluding hydrogens is 328 g/mol. The summed E-state index contributed by atoms with van der Waals surface area (Å²) in [5.41, 5.74) is -1.71. The van der Waals surface area contributed by atoms with Gasteiger partial charge in [0.2, 0.25) is 0 Å². The molecule has 0 aliphatic carbocycles. The molecule has 2 rings (SSSR count). The minimum Gasteiger partial charge on any atom is -0.461 e. The number of hydrogen-bond donors (Lipinski definition) is 0. The van der Waals surface area contributed by atoms with Gasteiger partial charge in [-0.15, -0.1) is 0 Å². The molecule has 9 heteroatoms. The van der Waals surface area contributed by atoms with Crippen molar-refractivity contribution in [2.75, 3.05) is 6.61 Å². The van der Waals surface area contributed by atoms with E-state index in [1.807, 2.05) is 0 Å². The molecule has 0 N–H and O–H groups in total. The van der Waals surface area contributed by atoms with E-state index in [-0.39, 0.29) is 18.0 Å². The van der Waals surface area contributed by atoms with Crippen LogP contribution in [0.2, 0.25) is 5.02 Å². The average molecular weight is 337 g/mol. The normalized spacial score (nSPS) is 11.5. The number of hydrogen-bond acceptors (Lipinski definition) is 3. The van der Waals surface area contributed by atoms with E-state index >= 15 is 0 Å². The van der Waals surface area contributed by atoms with Gasteiger partial charge in [0.05, 0.1) is 17.2 Å². The number of esters is 1. The van der Waals surface area contributed by atoms with E-state index in [0.717, 1.165) is 4.68 Å². The Morgan fingerprint density at radius 1 is 1.41 bits per heavy atom. The van der Waals surface area contributed by atoms with Crippen LogP contribution in [0.3, 0.4) is 0 Å². The van der Waals surface area contributed by atoms with Gasteiger partial charge >= 0.3 is 12.1 Å². The maximum absolute atomic E-state index is 13.9. The number of benzene rings is 1. The third-order valence-corrected chi connectivity index (χ3v) is 2.94. The zero-order chi connectivity index (χ0) is 16.5. The average Bonchev–Trinajstić information content (AvgIpc) is 2.86. The number of halogens is 5. The number of nitrogens with zero attached hydrogens (tertiary/aromatic N) is 2. The maximum atomic E-state index is 13.9. The molecular formula is C13H9ClF4N2O2. The van der Waals surface area contributed by atoms with E-state index in [4.69, 9.17) is 16.3 Å². The van der Waals surface area contributed by atoms with Gasteiger partial charge in [0.25, 0.3) is 0 Å². The lowest BCUT2D eigenvalue weighted by molar-refractivity contribution is -0.137. The molecule has 0 bridgehead atoms. The Balaban J connectivity index is 2.44. The molecule has 0 spiro atoms. The van der Waals surface area contributed by atoms with Crippen LogP contribution in [0.25, 0.3) is 5.69 Å². The number of ether oxygens (including phenoxy) is 1. The Morgan fingerprint density at radius 3 is 2.64 bits per heavy atom. The maximum Gasteiger partial charge on any atom is 0.416 e. The first-order chi connectivity index (χ1) is 10.2. The molecule has 1 heterocycles. The van der Waals surface area contributed by atoms with Gasteiger partial charge in [0, 0.05) is 6.20 Å². The summed E-state index contributed by atoms with van der Waals surface area (Å²) in [5, 5.41) is 3.27. The predicted molar refractivity (Wildman–Crippen MR) is 69.5 cm³/mol. The van der Waals surface area contributed by atoms with Crippen LogP contribution < -0.4 is 0 Å². The van der Waals surface area contributed by atoms with Crippen LogP contribution in [0.5, 0.6) is 0 Å². The molecule has 0 saturated heterocycles. The number of carbonyl (C=O) groups is 1. The zero-order valence-electron chi connectivity index (χ0n) is 11.1. The Labute approximate surface area is 127 Å². The molecule has 118 valence electrons. The Hall–Kier alpha value is -2.09. The van der Waals surface area contributed by atoms with E-state index in [1.54, 1.807) is 6.92 Å². The molecule has 1 aromatic heterocycles. The van der Waals surface area contributed by atoms with E-state index in [2.05, 4.69) is 5.10 Å². The van der Waals surface area contributed by atoms with Gasteiger partial charge in [-0.25, -0.2) is 13.9 Å². The predicted octanol–water partition coefficient (Wildman–Crippen LogP) is 3.86. The van der Waals surface area contributed by atoms with E-state index in [1.165, 1.54) is 12.3 Å². The topological polar surface area (TPSA) is 44.1 Å². The van der Waals surface area contributed by atoms with Gasteiger partial charge in [-0.3, -0.25) is 0 Å². The van der Waals surface area contributed by atoms with Gasteiger partial charge in [-0.1, -0.05) is 11.6 Å². The summed E-state index contributed by atoms with van der Waals surface area (Å²) >= 11 is 5.71. The van der Waals surface area contributed by atoms with E-state index in [9.17, 15) is 22.4 Å². The van der Waals surface area contributed by atoms with Gasteiger partial charge in [-0.05, 0) is 25.1 Å². The smallest absolute Gasteiger partial charge is 0.416 e. The summed E-state index contributed by atoms with van der Waals surface area (Å²) in [5.74, 6) is -1.94. The van der Waals surface area contributed by atoms with Crippen LogP contribution in [-0.2, 0) is 10.9 Å². The van der Waals surface area contributed by atoms with E-state index < -0.39 is 28.5 Å². The van der Waals surface area contributed by atoms with Gasteiger partial charge in [-0.2, -0.15) is 18.3 Å². The van der Waals surface area contributed by atoms with E-state index in [0.29, 0.717) is 12.1 Å². The highest BCUT2D eigenvalue weighted by molar-refractivity contribution is 6.32. The molecule has 2 aromatic rings. The summed E-state index contributed by atoms with van der Waals surface area (Å²) in [6.07, 6.45) is -3.52. The number of rotatable bonds is 3. The van der Waals surface area contributed by atoms with Crippen LogP contribution in [0, 0.1) is 5.82 Å². The largest absolute Gasteiger partial charge is 0.461 e. The Kier molecular flexibility index (Phi) is 4.41. The number of carbonyl (C=O) groups excluding carboxylic acids is 1. The molecule has 0 aliphatic heterocycles. The summed E-state index contributed by atoms with van der Waals surface area (Å²) in [6, 6.07) is 2.14. The molecule has 0 saturated carbocycles.